The summed E-state index contributed by atoms with van der Waals surface area (Å²) in [5.41, 5.74) is 2.77. The monoisotopic (exact) mass is 692 g/mol. The highest BCUT2D eigenvalue weighted by Gasteiger charge is 2.43. The van der Waals surface area contributed by atoms with E-state index < -0.39 is 22.1 Å². The molecule has 1 fully saturated rings. The van der Waals surface area contributed by atoms with Gasteiger partial charge in [-0.25, -0.2) is 13.4 Å². The molecule has 0 radical (unpaired) electrons. The summed E-state index contributed by atoms with van der Waals surface area (Å²) in [7, 11) is -3.94. The molecule has 0 spiro atoms. The molecule has 15 heteroatoms. The molecule has 2 aliphatic rings. The zero-order chi connectivity index (χ0) is 31.2. The zero-order valence-corrected chi connectivity index (χ0v) is 25.7. The summed E-state index contributed by atoms with van der Waals surface area (Å²) in [6, 6.07) is 13.2. The number of piperidine rings is 1. The van der Waals surface area contributed by atoms with Crippen LogP contribution in [0.5, 0.6) is 5.75 Å². The molecule has 10 nitrogen and oxygen atoms in total. The number of amides is 1. The molecule has 2 aromatic carbocycles. The lowest BCUT2D eigenvalue weighted by molar-refractivity contribution is -0.186. The van der Waals surface area contributed by atoms with E-state index in [0.29, 0.717) is 57.2 Å². The van der Waals surface area contributed by atoms with Gasteiger partial charge in [-0.2, -0.15) is 27.1 Å². The second kappa shape index (κ2) is 11.7. The molecule has 0 saturated carbocycles. The maximum atomic E-state index is 13.7. The third-order valence-electron chi connectivity index (χ3n) is 8.02. The lowest BCUT2D eigenvalue weighted by atomic mass is 10.00. The predicted octanol–water partition coefficient (Wildman–Crippen LogP) is 4.82. The van der Waals surface area contributed by atoms with Crippen LogP contribution in [0.25, 0.3) is 16.9 Å². The van der Waals surface area contributed by atoms with Gasteiger partial charge in [0.15, 0.2) is 5.65 Å². The number of hydrogen-bond acceptors (Lipinski definition) is 7. The number of benzene rings is 2. The van der Waals surface area contributed by atoms with Crippen molar-refractivity contribution in [1.29, 1.82) is 0 Å². The van der Waals surface area contributed by atoms with Crippen LogP contribution in [0.2, 0.25) is 0 Å². The minimum Gasteiger partial charge on any atom is -0.507 e. The van der Waals surface area contributed by atoms with E-state index in [1.165, 1.54) is 16.4 Å². The van der Waals surface area contributed by atoms with Gasteiger partial charge in [-0.3, -0.25) is 4.79 Å². The number of carbonyl (C=O) groups excluding carboxylic acids is 1. The number of para-hydroxylation sites is 1. The number of aromatic hydroxyl groups is 1. The Balaban J connectivity index is 1.19. The second-order valence-corrected chi connectivity index (χ2v) is 13.7. The average molecular weight is 694 g/mol. The van der Waals surface area contributed by atoms with Crippen molar-refractivity contribution in [3.8, 4) is 17.0 Å². The fourth-order valence-electron chi connectivity index (χ4n) is 5.75. The molecule has 44 heavy (non-hydrogen) atoms. The van der Waals surface area contributed by atoms with Crippen molar-refractivity contribution >= 4 is 43.3 Å². The number of aromatic nitrogens is 3. The number of sulfonamides is 1. The van der Waals surface area contributed by atoms with Gasteiger partial charge in [-0.1, -0.05) is 18.2 Å². The number of hydrogen-bond donors (Lipinski definition) is 2. The van der Waals surface area contributed by atoms with Crippen molar-refractivity contribution in [3.63, 3.8) is 0 Å². The maximum Gasteiger partial charge on any atom is 0.471 e. The summed E-state index contributed by atoms with van der Waals surface area (Å²) in [5, 5.41) is 18.2. The first kappa shape index (κ1) is 30.3. The van der Waals surface area contributed by atoms with E-state index in [9.17, 15) is 31.5 Å². The van der Waals surface area contributed by atoms with Crippen LogP contribution in [0.1, 0.15) is 24.0 Å². The quantitative estimate of drug-likeness (QED) is 0.297. The Kier molecular flexibility index (Phi) is 8.05. The standard InChI is InChI=1S/C29H28BrF3N6O4S/c30-23-15-35-39-26(13-24(36-27(23)39)22-5-1-2-6-25(22)40)34-14-18-4-3-10-38(16-18)44(42,43)21-8-7-19-9-11-37(17-20(19)12-21)28(41)29(31,32)33/h1-2,5-8,12-13,15,18,34,40H,3-4,9-11,14,16-17H2. The van der Waals surface area contributed by atoms with Gasteiger partial charge < -0.3 is 15.3 Å². The van der Waals surface area contributed by atoms with Crippen LogP contribution in [-0.4, -0.2) is 75.6 Å². The summed E-state index contributed by atoms with van der Waals surface area (Å²) in [6.45, 7) is 0.620. The third-order valence-corrected chi connectivity index (χ3v) is 10.4. The molecule has 2 aromatic heterocycles. The largest absolute Gasteiger partial charge is 0.507 e. The van der Waals surface area contributed by atoms with E-state index in [-0.39, 0.29) is 42.6 Å². The van der Waals surface area contributed by atoms with Gasteiger partial charge in [0.1, 0.15) is 11.6 Å². The molecule has 2 aliphatic heterocycles. The first-order valence-electron chi connectivity index (χ1n) is 14.0. The van der Waals surface area contributed by atoms with Gasteiger partial charge in [0.25, 0.3) is 0 Å². The highest BCUT2D eigenvalue weighted by atomic mass is 79.9. The Morgan fingerprint density at radius 2 is 1.91 bits per heavy atom. The molecule has 2 N–H and O–H groups in total. The highest BCUT2D eigenvalue weighted by Crippen LogP contribution is 2.32. The number of phenols is 1. The summed E-state index contributed by atoms with van der Waals surface area (Å²) in [4.78, 5) is 17.1. The van der Waals surface area contributed by atoms with Crippen molar-refractivity contribution < 1.29 is 31.5 Å². The van der Waals surface area contributed by atoms with Crippen LogP contribution in [0.4, 0.5) is 19.0 Å². The van der Waals surface area contributed by atoms with Crippen LogP contribution >= 0.6 is 15.9 Å². The molecule has 0 aliphatic carbocycles. The number of anilines is 1. The van der Waals surface area contributed by atoms with Gasteiger partial charge in [0.2, 0.25) is 10.0 Å². The van der Waals surface area contributed by atoms with E-state index in [2.05, 4.69) is 31.3 Å². The first-order valence-corrected chi connectivity index (χ1v) is 16.2. The Hall–Kier alpha value is -3.69. The van der Waals surface area contributed by atoms with Crippen molar-refractivity contribution in [2.24, 2.45) is 5.92 Å². The number of rotatable bonds is 6. The number of nitrogens with one attached hydrogen (secondary N) is 1. The fourth-order valence-corrected chi connectivity index (χ4v) is 7.70. The van der Waals surface area contributed by atoms with Crippen molar-refractivity contribution in [3.05, 3.63) is 70.3 Å². The van der Waals surface area contributed by atoms with Crippen LogP contribution < -0.4 is 5.32 Å². The average Bonchev–Trinajstić information content (AvgIpc) is 3.39. The SMILES string of the molecule is O=C(N1CCc2ccc(S(=O)(=O)N3CCCC(CNc4cc(-c5ccccc5O)nc5c(Br)cnn45)C3)cc2C1)C(F)(F)F. The molecule has 0 bridgehead atoms. The molecule has 4 aromatic rings. The number of fused-ring (bicyclic) bond motifs is 2. The van der Waals surface area contributed by atoms with E-state index in [1.54, 1.807) is 47.1 Å². The number of nitrogens with zero attached hydrogens (tertiary/aromatic N) is 5. The molecule has 1 amide bonds. The number of halogens is 4. The normalized spacial score (nSPS) is 17.9. The smallest absolute Gasteiger partial charge is 0.471 e. The van der Waals surface area contributed by atoms with Crippen LogP contribution in [0.15, 0.2) is 64.1 Å². The van der Waals surface area contributed by atoms with E-state index in [4.69, 9.17) is 0 Å². The van der Waals surface area contributed by atoms with E-state index >= 15 is 0 Å². The van der Waals surface area contributed by atoms with Crippen LogP contribution in [-0.2, 0) is 27.8 Å². The molecule has 1 saturated heterocycles. The molecular weight excluding hydrogens is 665 g/mol. The lowest BCUT2D eigenvalue weighted by Gasteiger charge is -2.33. The topological polar surface area (TPSA) is 120 Å². The van der Waals surface area contributed by atoms with Crippen LogP contribution in [0.3, 0.4) is 0 Å². The Morgan fingerprint density at radius 3 is 2.68 bits per heavy atom. The minimum absolute atomic E-state index is 0.00397. The third kappa shape index (κ3) is 5.87. The number of phenolic OH excluding ortho intramolecular Hbond substituents is 1. The van der Waals surface area contributed by atoms with Gasteiger partial charge in [-0.05, 0) is 76.5 Å². The number of carbonyl (C=O) groups is 1. The molecule has 1 unspecified atom stereocenters. The maximum absolute atomic E-state index is 13.7. The number of alkyl halides is 3. The Bertz CT molecular complexity index is 1850. The second-order valence-electron chi connectivity index (χ2n) is 10.9. The van der Waals surface area contributed by atoms with Gasteiger partial charge >= 0.3 is 12.1 Å². The van der Waals surface area contributed by atoms with Crippen molar-refractivity contribution in [2.45, 2.75) is 36.9 Å². The molecule has 232 valence electrons. The molecular formula is C29H28BrF3N6O4S. The minimum atomic E-state index is -4.99. The van der Waals surface area contributed by atoms with Gasteiger partial charge in [0.05, 0.1) is 21.3 Å². The fraction of sp³-hybridized carbons (Fsp3) is 0.345. The summed E-state index contributed by atoms with van der Waals surface area (Å²) in [5.74, 6) is -1.27. The molecule has 4 heterocycles. The zero-order valence-electron chi connectivity index (χ0n) is 23.3. The highest BCUT2D eigenvalue weighted by molar-refractivity contribution is 9.10. The van der Waals surface area contributed by atoms with Gasteiger partial charge in [0, 0.05) is 44.4 Å². The van der Waals surface area contributed by atoms with Gasteiger partial charge in [-0.15, -0.1) is 0 Å². The summed E-state index contributed by atoms with van der Waals surface area (Å²) < 4.78 is 70.1. The first-order chi connectivity index (χ1) is 20.9. The molecule has 6 rings (SSSR count). The van der Waals surface area contributed by atoms with E-state index in [1.807, 2.05) is 0 Å². The van der Waals surface area contributed by atoms with Crippen molar-refractivity contribution in [1.82, 2.24) is 23.8 Å². The summed E-state index contributed by atoms with van der Waals surface area (Å²) >= 11 is 3.47. The Morgan fingerprint density at radius 1 is 1.11 bits per heavy atom. The van der Waals surface area contributed by atoms with E-state index in [0.717, 1.165) is 12.0 Å². The van der Waals surface area contributed by atoms with Crippen molar-refractivity contribution in [2.75, 3.05) is 31.5 Å². The molecule has 1 atom stereocenters. The summed E-state index contributed by atoms with van der Waals surface area (Å²) in [6.07, 6.45) is -1.74. The van der Waals surface area contributed by atoms with Crippen LogP contribution in [0, 0.1) is 5.92 Å². The lowest BCUT2D eigenvalue weighted by Crippen LogP contribution is -2.44. The Labute approximate surface area is 259 Å². The predicted molar refractivity (Wildman–Crippen MR) is 159 cm³/mol.